The third-order valence-corrected chi connectivity index (χ3v) is 2.93. The Bertz CT molecular complexity index is 179. The maximum atomic E-state index is 11.9. The number of amides is 1. The van der Waals surface area contributed by atoms with Gasteiger partial charge in [-0.15, -0.1) is 0 Å². The van der Waals surface area contributed by atoms with E-state index < -0.39 is 0 Å². The molecule has 1 N–H and O–H groups in total. The van der Waals surface area contributed by atoms with Gasteiger partial charge in [-0.05, 0) is 33.7 Å². The van der Waals surface area contributed by atoms with Gasteiger partial charge in [0, 0.05) is 13.1 Å². The summed E-state index contributed by atoms with van der Waals surface area (Å²) in [5, 5.41) is 3.30. The maximum Gasteiger partial charge on any atom is 0.239 e. The highest BCUT2D eigenvalue weighted by Crippen LogP contribution is 1.99. The van der Waals surface area contributed by atoms with Crippen molar-refractivity contribution in [1.82, 2.24) is 10.2 Å². The minimum absolute atomic E-state index is 0.0403. The van der Waals surface area contributed by atoms with Crippen molar-refractivity contribution in [2.75, 3.05) is 19.6 Å². The topological polar surface area (TPSA) is 32.3 Å². The molecule has 0 aliphatic rings. The summed E-state index contributed by atoms with van der Waals surface area (Å²) in [7, 11) is 0. The van der Waals surface area contributed by atoms with Gasteiger partial charge in [0.25, 0.3) is 0 Å². The van der Waals surface area contributed by atoms with Crippen LogP contribution in [0.4, 0.5) is 0 Å². The summed E-state index contributed by atoms with van der Waals surface area (Å²) < 4.78 is 0. The molecule has 0 rings (SSSR count). The van der Waals surface area contributed by atoms with Gasteiger partial charge in [0.2, 0.25) is 5.91 Å². The van der Waals surface area contributed by atoms with Crippen LogP contribution in [0.15, 0.2) is 0 Å². The number of carbonyl (C=O) groups is 1. The highest BCUT2D eigenvalue weighted by molar-refractivity contribution is 5.81. The lowest BCUT2D eigenvalue weighted by Crippen LogP contribution is -2.45. The fourth-order valence-electron chi connectivity index (χ4n) is 1.77. The summed E-state index contributed by atoms with van der Waals surface area (Å²) in [5.41, 5.74) is 0. The van der Waals surface area contributed by atoms with E-state index >= 15 is 0 Å². The minimum Gasteiger partial charge on any atom is -0.342 e. The van der Waals surface area contributed by atoms with Crippen molar-refractivity contribution in [2.24, 2.45) is 0 Å². The van der Waals surface area contributed by atoms with Gasteiger partial charge < -0.3 is 10.2 Å². The van der Waals surface area contributed by atoms with Crippen LogP contribution < -0.4 is 5.32 Å². The van der Waals surface area contributed by atoms with Gasteiger partial charge in [-0.2, -0.15) is 0 Å². The van der Waals surface area contributed by atoms with Crippen molar-refractivity contribution in [1.29, 1.82) is 0 Å². The molecule has 1 amide bonds. The average molecular weight is 228 g/mol. The number of nitrogens with zero attached hydrogens (tertiary/aromatic N) is 1. The molecule has 3 heteroatoms. The quantitative estimate of drug-likeness (QED) is 0.615. The summed E-state index contributed by atoms with van der Waals surface area (Å²) in [5.74, 6) is 0.223. The fraction of sp³-hybridized carbons (Fsp3) is 0.923. The number of hydrogen-bond acceptors (Lipinski definition) is 2. The normalized spacial score (nSPS) is 12.5. The minimum atomic E-state index is -0.0403. The smallest absolute Gasteiger partial charge is 0.239 e. The van der Waals surface area contributed by atoms with E-state index in [0.29, 0.717) is 0 Å². The van der Waals surface area contributed by atoms with E-state index in [9.17, 15) is 4.79 Å². The van der Waals surface area contributed by atoms with Crippen LogP contribution in [0.1, 0.15) is 53.4 Å². The van der Waals surface area contributed by atoms with Crippen molar-refractivity contribution in [3.63, 3.8) is 0 Å². The molecule has 16 heavy (non-hydrogen) atoms. The summed E-state index contributed by atoms with van der Waals surface area (Å²) >= 11 is 0. The van der Waals surface area contributed by atoms with Crippen molar-refractivity contribution < 1.29 is 4.79 Å². The van der Waals surface area contributed by atoms with Gasteiger partial charge in [0.05, 0.1) is 6.04 Å². The fourth-order valence-corrected chi connectivity index (χ4v) is 1.77. The number of nitrogens with one attached hydrogen (secondary N) is 1. The van der Waals surface area contributed by atoms with E-state index in [4.69, 9.17) is 0 Å². The zero-order chi connectivity index (χ0) is 12.4. The average Bonchev–Trinajstić information content (AvgIpc) is 2.30. The molecule has 0 aromatic heterocycles. The molecule has 0 aliphatic carbocycles. The van der Waals surface area contributed by atoms with Crippen LogP contribution in [0.2, 0.25) is 0 Å². The molecule has 0 aromatic rings. The molecule has 0 spiro atoms. The van der Waals surface area contributed by atoms with Crippen molar-refractivity contribution in [2.45, 2.75) is 59.4 Å². The number of likely N-dealkylation sites (N-methyl/N-ethyl adjacent to an activating group) is 1. The Hall–Kier alpha value is -0.570. The largest absolute Gasteiger partial charge is 0.342 e. The van der Waals surface area contributed by atoms with Gasteiger partial charge in [-0.3, -0.25) is 4.79 Å². The standard InChI is InChI=1S/C13H28N2O/c1-5-8-9-10-11-14-12(4)13(16)15(6-2)7-3/h12,14H,5-11H2,1-4H3. The van der Waals surface area contributed by atoms with E-state index in [1.807, 2.05) is 25.7 Å². The van der Waals surface area contributed by atoms with Gasteiger partial charge in [0.15, 0.2) is 0 Å². The molecule has 0 fully saturated rings. The van der Waals surface area contributed by atoms with Crippen LogP contribution >= 0.6 is 0 Å². The highest BCUT2D eigenvalue weighted by atomic mass is 16.2. The van der Waals surface area contributed by atoms with Crippen LogP contribution in [0.3, 0.4) is 0 Å². The molecule has 3 nitrogen and oxygen atoms in total. The summed E-state index contributed by atoms with van der Waals surface area (Å²) in [6.07, 6.45) is 4.98. The second-order valence-electron chi connectivity index (χ2n) is 4.25. The van der Waals surface area contributed by atoms with Gasteiger partial charge in [-0.25, -0.2) is 0 Å². The van der Waals surface area contributed by atoms with E-state index in [-0.39, 0.29) is 11.9 Å². The van der Waals surface area contributed by atoms with Crippen LogP contribution in [0, 0.1) is 0 Å². The lowest BCUT2D eigenvalue weighted by molar-refractivity contribution is -0.132. The lowest BCUT2D eigenvalue weighted by atomic mass is 10.2. The van der Waals surface area contributed by atoms with Gasteiger partial charge in [-0.1, -0.05) is 26.2 Å². The van der Waals surface area contributed by atoms with Crippen LogP contribution in [0.25, 0.3) is 0 Å². The molecule has 0 radical (unpaired) electrons. The number of hydrogen-bond donors (Lipinski definition) is 1. The van der Waals surface area contributed by atoms with E-state index in [1.54, 1.807) is 0 Å². The SMILES string of the molecule is CCCCCCNC(C)C(=O)N(CC)CC. The Morgan fingerprint density at radius 1 is 1.12 bits per heavy atom. The Morgan fingerprint density at radius 2 is 1.75 bits per heavy atom. The molecule has 0 aliphatic heterocycles. The third-order valence-electron chi connectivity index (χ3n) is 2.93. The first kappa shape index (κ1) is 15.4. The highest BCUT2D eigenvalue weighted by Gasteiger charge is 2.16. The van der Waals surface area contributed by atoms with Crippen molar-refractivity contribution >= 4 is 5.91 Å². The monoisotopic (exact) mass is 228 g/mol. The van der Waals surface area contributed by atoms with Crippen LogP contribution in [-0.2, 0) is 4.79 Å². The Morgan fingerprint density at radius 3 is 2.25 bits per heavy atom. The zero-order valence-corrected chi connectivity index (χ0v) is 11.4. The number of unbranched alkanes of at least 4 members (excludes halogenated alkanes) is 3. The Balaban J connectivity index is 3.70. The first-order chi connectivity index (χ1) is 7.67. The lowest BCUT2D eigenvalue weighted by Gasteiger charge is -2.23. The predicted octanol–water partition coefficient (Wildman–Crippen LogP) is 2.41. The van der Waals surface area contributed by atoms with E-state index in [2.05, 4.69) is 12.2 Å². The van der Waals surface area contributed by atoms with Gasteiger partial charge in [0.1, 0.15) is 0 Å². The van der Waals surface area contributed by atoms with E-state index in [0.717, 1.165) is 19.6 Å². The predicted molar refractivity (Wildman–Crippen MR) is 69.5 cm³/mol. The van der Waals surface area contributed by atoms with Crippen LogP contribution in [-0.4, -0.2) is 36.5 Å². The Kier molecular flexibility index (Phi) is 9.30. The first-order valence-corrected chi connectivity index (χ1v) is 6.69. The van der Waals surface area contributed by atoms with Crippen LogP contribution in [0.5, 0.6) is 0 Å². The molecular weight excluding hydrogens is 200 g/mol. The van der Waals surface area contributed by atoms with Crippen molar-refractivity contribution in [3.05, 3.63) is 0 Å². The molecule has 0 saturated carbocycles. The molecule has 0 heterocycles. The Labute approximate surface area is 101 Å². The summed E-state index contributed by atoms with van der Waals surface area (Å²) in [4.78, 5) is 13.8. The number of carbonyl (C=O) groups excluding carboxylic acids is 1. The summed E-state index contributed by atoms with van der Waals surface area (Å²) in [6, 6.07) is -0.0403. The maximum absolute atomic E-state index is 11.9. The molecule has 0 saturated heterocycles. The van der Waals surface area contributed by atoms with Crippen molar-refractivity contribution in [3.8, 4) is 0 Å². The zero-order valence-electron chi connectivity index (χ0n) is 11.4. The molecule has 0 aromatic carbocycles. The second kappa shape index (κ2) is 9.64. The van der Waals surface area contributed by atoms with Gasteiger partial charge >= 0.3 is 0 Å². The summed E-state index contributed by atoms with van der Waals surface area (Å²) in [6.45, 7) is 10.8. The first-order valence-electron chi connectivity index (χ1n) is 6.69. The van der Waals surface area contributed by atoms with E-state index in [1.165, 1.54) is 25.7 Å². The molecule has 1 unspecified atom stereocenters. The number of rotatable bonds is 9. The molecule has 0 bridgehead atoms. The molecular formula is C13H28N2O. The molecule has 1 atom stereocenters. The second-order valence-corrected chi connectivity index (χ2v) is 4.25. The molecule has 96 valence electrons. The third kappa shape index (κ3) is 6.11.